The molecule has 0 saturated heterocycles. The van der Waals surface area contributed by atoms with Crippen LogP contribution in [-0.4, -0.2) is 31.6 Å². The molecule has 33 heavy (non-hydrogen) atoms. The zero-order valence-electron chi connectivity index (χ0n) is 18.7. The Morgan fingerprint density at radius 3 is 2.61 bits per heavy atom. The van der Waals surface area contributed by atoms with Crippen LogP contribution in [0.3, 0.4) is 0 Å². The first-order valence-electron chi connectivity index (χ1n) is 10.5. The minimum atomic E-state index is -4.28. The molecule has 0 saturated carbocycles. The van der Waals surface area contributed by atoms with Gasteiger partial charge in [0.15, 0.2) is 0 Å². The molecule has 3 rings (SSSR count). The Bertz CT molecular complexity index is 1190. The molecule has 1 aliphatic carbocycles. The zero-order chi connectivity index (χ0) is 24.6. The molecule has 2 aromatic carbocycles. The van der Waals surface area contributed by atoms with Crippen molar-refractivity contribution >= 4 is 33.6 Å². The van der Waals surface area contributed by atoms with Gasteiger partial charge in [-0.1, -0.05) is 36.7 Å². The number of rotatable bonds is 7. The number of nitrogens with one attached hydrogen (secondary N) is 2. The molecule has 0 bridgehead atoms. The third kappa shape index (κ3) is 5.55. The number of primary amides is 1. The SMILES string of the molecule is C[C@H](c1cccc2c1CCC2)[C@H](NS(=O)(=O)c1ccc(Cl)cc1C(C)(C)O)C(=N)OC(N)=O. The fourth-order valence-corrected chi connectivity index (χ4v) is 6.05. The summed E-state index contributed by atoms with van der Waals surface area (Å²) in [5, 5.41) is 19.1. The van der Waals surface area contributed by atoms with Crippen molar-refractivity contribution in [3.8, 4) is 0 Å². The number of hydrogen-bond donors (Lipinski definition) is 4. The van der Waals surface area contributed by atoms with E-state index in [0.29, 0.717) is 0 Å². The molecular formula is C23H28ClN3O5S. The van der Waals surface area contributed by atoms with Gasteiger partial charge in [0.25, 0.3) is 0 Å². The van der Waals surface area contributed by atoms with E-state index >= 15 is 0 Å². The fraction of sp³-hybridized carbons (Fsp3) is 0.391. The summed E-state index contributed by atoms with van der Waals surface area (Å²) in [6.07, 6.45) is 1.56. The van der Waals surface area contributed by atoms with Crippen LogP contribution in [0.1, 0.15) is 55.4 Å². The Balaban J connectivity index is 2.06. The zero-order valence-corrected chi connectivity index (χ0v) is 20.3. The predicted molar refractivity (Wildman–Crippen MR) is 126 cm³/mol. The standard InChI is InChI=1S/C23H28ClN3O5S/c1-13(16-8-4-6-14-7-5-9-17(14)16)20(21(25)32-22(26)28)27-33(30,31)19-11-10-15(24)12-18(19)23(2,3)29/h4,6,8,10-13,20,25,27,29H,5,7,9H2,1-3H3,(H2,26,28)/t13-,20+/m1/s1. The van der Waals surface area contributed by atoms with E-state index < -0.39 is 39.6 Å². The van der Waals surface area contributed by atoms with Gasteiger partial charge in [-0.05, 0) is 68.0 Å². The molecule has 178 valence electrons. The Labute approximate surface area is 198 Å². The first-order valence-corrected chi connectivity index (χ1v) is 12.4. The predicted octanol–water partition coefficient (Wildman–Crippen LogP) is 3.58. The number of nitrogens with two attached hydrogens (primary N) is 1. The molecule has 0 spiro atoms. The lowest BCUT2D eigenvalue weighted by Crippen LogP contribution is -2.46. The van der Waals surface area contributed by atoms with Crippen molar-refractivity contribution in [3.63, 3.8) is 0 Å². The normalized spacial score (nSPS) is 15.5. The molecule has 2 aromatic rings. The molecular weight excluding hydrogens is 466 g/mol. The van der Waals surface area contributed by atoms with E-state index in [0.717, 1.165) is 30.4 Å². The average Bonchev–Trinajstić information content (AvgIpc) is 3.19. The number of benzene rings is 2. The average molecular weight is 494 g/mol. The maximum absolute atomic E-state index is 13.4. The highest BCUT2D eigenvalue weighted by atomic mass is 35.5. The van der Waals surface area contributed by atoms with Crippen molar-refractivity contribution in [1.82, 2.24) is 4.72 Å². The van der Waals surface area contributed by atoms with Crippen LogP contribution in [0.2, 0.25) is 5.02 Å². The van der Waals surface area contributed by atoms with Crippen molar-refractivity contribution in [3.05, 3.63) is 63.7 Å². The lowest BCUT2D eigenvalue weighted by molar-refractivity contribution is 0.0755. The smallest absolute Gasteiger partial charge is 0.394 e. The van der Waals surface area contributed by atoms with E-state index in [2.05, 4.69) is 4.72 Å². The molecule has 0 heterocycles. The minimum Gasteiger partial charge on any atom is -0.394 e. The van der Waals surface area contributed by atoms with Gasteiger partial charge in [0.1, 0.15) is 6.04 Å². The molecule has 5 N–H and O–H groups in total. The van der Waals surface area contributed by atoms with Gasteiger partial charge in [-0.25, -0.2) is 13.2 Å². The number of carbonyl (C=O) groups excluding carboxylic acids is 1. The monoisotopic (exact) mass is 493 g/mol. The maximum Gasteiger partial charge on any atom is 0.411 e. The van der Waals surface area contributed by atoms with Crippen molar-refractivity contribution in [1.29, 1.82) is 5.41 Å². The molecule has 0 fully saturated rings. The number of ether oxygens (including phenoxy) is 1. The van der Waals surface area contributed by atoms with E-state index in [1.807, 2.05) is 18.2 Å². The summed E-state index contributed by atoms with van der Waals surface area (Å²) in [5.74, 6) is -1.16. The van der Waals surface area contributed by atoms with Gasteiger partial charge in [-0.3, -0.25) is 5.41 Å². The van der Waals surface area contributed by atoms with Gasteiger partial charge >= 0.3 is 6.09 Å². The molecule has 1 amide bonds. The number of fused-ring (bicyclic) bond motifs is 1. The second-order valence-electron chi connectivity index (χ2n) is 8.71. The van der Waals surface area contributed by atoms with E-state index in [9.17, 15) is 18.3 Å². The summed E-state index contributed by atoms with van der Waals surface area (Å²) in [7, 11) is -4.28. The number of hydrogen-bond acceptors (Lipinski definition) is 6. The molecule has 8 nitrogen and oxygen atoms in total. The Kier molecular flexibility index (Phi) is 7.18. The van der Waals surface area contributed by atoms with Crippen molar-refractivity contribution in [2.75, 3.05) is 0 Å². The van der Waals surface area contributed by atoms with Gasteiger partial charge in [0, 0.05) is 16.5 Å². The van der Waals surface area contributed by atoms with Crippen LogP contribution in [0.4, 0.5) is 4.79 Å². The molecule has 0 radical (unpaired) electrons. The largest absolute Gasteiger partial charge is 0.411 e. The summed E-state index contributed by atoms with van der Waals surface area (Å²) >= 11 is 6.04. The van der Waals surface area contributed by atoms with Gasteiger partial charge in [0.2, 0.25) is 15.9 Å². The van der Waals surface area contributed by atoms with Gasteiger partial charge < -0.3 is 15.6 Å². The summed E-state index contributed by atoms with van der Waals surface area (Å²) in [5.41, 5.74) is 6.86. The number of amides is 1. The topological polar surface area (TPSA) is 143 Å². The van der Waals surface area contributed by atoms with Gasteiger partial charge in [0.05, 0.1) is 10.5 Å². The van der Waals surface area contributed by atoms with Crippen LogP contribution in [0, 0.1) is 5.41 Å². The quantitative estimate of drug-likeness (QED) is 0.344. The van der Waals surface area contributed by atoms with E-state index in [-0.39, 0.29) is 15.5 Å². The number of aliphatic hydroxyl groups is 1. The van der Waals surface area contributed by atoms with Crippen LogP contribution in [0.5, 0.6) is 0 Å². The molecule has 0 aliphatic heterocycles. The summed E-state index contributed by atoms with van der Waals surface area (Å²) in [4.78, 5) is 11.2. The third-order valence-corrected chi connectivity index (χ3v) is 7.57. The first-order chi connectivity index (χ1) is 15.3. The van der Waals surface area contributed by atoms with Crippen LogP contribution >= 0.6 is 11.6 Å². The lowest BCUT2D eigenvalue weighted by Gasteiger charge is -2.28. The Morgan fingerprint density at radius 1 is 1.27 bits per heavy atom. The third-order valence-electron chi connectivity index (χ3n) is 5.84. The van der Waals surface area contributed by atoms with E-state index in [4.69, 9.17) is 27.5 Å². The first kappa shape index (κ1) is 25.2. The summed E-state index contributed by atoms with van der Waals surface area (Å²) in [6.45, 7) is 4.66. The molecule has 1 aliphatic rings. The molecule has 0 aromatic heterocycles. The van der Waals surface area contributed by atoms with Crippen LogP contribution in [0.25, 0.3) is 0 Å². The Morgan fingerprint density at radius 2 is 1.97 bits per heavy atom. The van der Waals surface area contributed by atoms with Crippen molar-refractivity contribution in [2.45, 2.75) is 62.5 Å². The van der Waals surface area contributed by atoms with E-state index in [1.54, 1.807) is 6.92 Å². The number of halogens is 1. The highest BCUT2D eigenvalue weighted by Gasteiger charge is 2.35. The second-order valence-corrected chi connectivity index (χ2v) is 10.8. The van der Waals surface area contributed by atoms with Crippen LogP contribution < -0.4 is 10.5 Å². The molecule has 2 atom stereocenters. The lowest BCUT2D eigenvalue weighted by atomic mass is 9.88. The fourth-order valence-electron chi connectivity index (χ4n) is 4.26. The van der Waals surface area contributed by atoms with Crippen molar-refractivity contribution in [2.24, 2.45) is 5.73 Å². The molecule has 0 unspecified atom stereocenters. The van der Waals surface area contributed by atoms with Crippen LogP contribution in [-0.2, 0) is 33.2 Å². The summed E-state index contributed by atoms with van der Waals surface area (Å²) in [6, 6.07) is 8.66. The van der Waals surface area contributed by atoms with Gasteiger partial charge in [-0.2, -0.15) is 4.72 Å². The highest BCUT2D eigenvalue weighted by Crippen LogP contribution is 2.34. The number of aryl methyl sites for hydroxylation is 1. The van der Waals surface area contributed by atoms with Crippen molar-refractivity contribution < 1.29 is 23.1 Å². The summed E-state index contributed by atoms with van der Waals surface area (Å²) < 4.78 is 34.2. The second kappa shape index (κ2) is 9.42. The minimum absolute atomic E-state index is 0.0943. The molecule has 10 heteroatoms. The highest BCUT2D eigenvalue weighted by molar-refractivity contribution is 7.89. The van der Waals surface area contributed by atoms with E-state index in [1.165, 1.54) is 37.6 Å². The Hall–Kier alpha value is -2.46. The van der Waals surface area contributed by atoms with Crippen LogP contribution in [0.15, 0.2) is 41.3 Å². The number of sulfonamides is 1. The number of carbonyl (C=O) groups is 1. The maximum atomic E-state index is 13.4. The van der Waals surface area contributed by atoms with Gasteiger partial charge in [-0.15, -0.1) is 0 Å².